The number of ether oxygens (including phenoxy) is 3. The lowest BCUT2D eigenvalue weighted by molar-refractivity contribution is -0.167. The Morgan fingerprint density at radius 2 is 0.576 bits per heavy atom. The first-order chi connectivity index (χ1) is 29.0. The quantitative estimate of drug-likeness (QED) is 0.0263. The van der Waals surface area contributed by atoms with Gasteiger partial charge in [-0.25, -0.2) is 0 Å². The smallest absolute Gasteiger partial charge is 0.306 e. The number of carbonyl (C=O) groups excluding carboxylic acids is 3. The standard InChI is InChI=1S/C53H100O6/c1-4-7-10-13-16-19-22-23-24-25-26-27-28-29-32-34-37-40-43-46-52(55)58-49-50(59-53(56)47-44-41-38-35-31-21-18-15-12-9-6-3)48-57-51(54)45-42-39-36-33-30-20-17-14-11-8-5-2/h15,18,50H,4-14,16-17,19-49H2,1-3H3/b18-15-/t50-/m1/s1. The molecule has 0 aromatic heterocycles. The molecule has 0 heterocycles. The molecule has 0 rings (SSSR count). The summed E-state index contributed by atoms with van der Waals surface area (Å²) >= 11 is 0. The SMILES string of the molecule is CCCC/C=C\CCCCCCCC(=O)O[C@H](COC(=O)CCCCCCCCCCCCC)COC(=O)CCCCCCCCCCCCCCCCCCCCC. The van der Waals surface area contributed by atoms with Crippen molar-refractivity contribution in [2.45, 2.75) is 297 Å². The minimum absolute atomic E-state index is 0.0683. The van der Waals surface area contributed by atoms with E-state index in [1.54, 1.807) is 0 Å². The lowest BCUT2D eigenvalue weighted by Gasteiger charge is -2.18. The Morgan fingerprint density at radius 3 is 0.898 bits per heavy atom. The first kappa shape index (κ1) is 57.1. The van der Waals surface area contributed by atoms with Gasteiger partial charge >= 0.3 is 17.9 Å². The Kier molecular flexibility index (Phi) is 47.3. The number of carbonyl (C=O) groups is 3. The van der Waals surface area contributed by atoms with Gasteiger partial charge in [-0.2, -0.15) is 0 Å². The number of allylic oxidation sites excluding steroid dienone is 2. The van der Waals surface area contributed by atoms with Crippen LogP contribution in [0.2, 0.25) is 0 Å². The molecule has 0 aliphatic rings. The molecular weight excluding hydrogens is 733 g/mol. The summed E-state index contributed by atoms with van der Waals surface area (Å²) in [5.74, 6) is -0.863. The molecule has 0 aromatic carbocycles. The van der Waals surface area contributed by atoms with Gasteiger partial charge in [0.25, 0.3) is 0 Å². The first-order valence-corrected chi connectivity index (χ1v) is 26.2. The van der Waals surface area contributed by atoms with Gasteiger partial charge in [0.1, 0.15) is 13.2 Å². The Morgan fingerprint density at radius 1 is 0.322 bits per heavy atom. The maximum atomic E-state index is 12.7. The molecule has 0 N–H and O–H groups in total. The summed E-state index contributed by atoms with van der Waals surface area (Å²) in [5.41, 5.74) is 0. The number of esters is 3. The van der Waals surface area contributed by atoms with Gasteiger partial charge in [-0.05, 0) is 38.5 Å². The predicted octanol–water partition coefficient (Wildman–Crippen LogP) is 17.0. The zero-order chi connectivity index (χ0) is 43.0. The van der Waals surface area contributed by atoms with E-state index in [1.165, 1.54) is 186 Å². The van der Waals surface area contributed by atoms with Crippen LogP contribution in [0.3, 0.4) is 0 Å². The topological polar surface area (TPSA) is 78.9 Å². The van der Waals surface area contributed by atoms with Crippen molar-refractivity contribution in [2.75, 3.05) is 13.2 Å². The number of unbranched alkanes of at least 4 members (excludes halogenated alkanes) is 35. The Balaban J connectivity index is 4.23. The Hall–Kier alpha value is -1.85. The molecule has 0 aliphatic heterocycles. The number of hydrogen-bond donors (Lipinski definition) is 0. The van der Waals surface area contributed by atoms with Gasteiger partial charge in [0.2, 0.25) is 0 Å². The van der Waals surface area contributed by atoms with Gasteiger partial charge in [0.05, 0.1) is 0 Å². The van der Waals surface area contributed by atoms with Gasteiger partial charge in [-0.1, -0.05) is 245 Å². The van der Waals surface area contributed by atoms with E-state index in [0.29, 0.717) is 19.3 Å². The van der Waals surface area contributed by atoms with E-state index in [0.717, 1.165) is 64.2 Å². The molecule has 59 heavy (non-hydrogen) atoms. The lowest BCUT2D eigenvalue weighted by atomic mass is 10.0. The van der Waals surface area contributed by atoms with Crippen molar-refractivity contribution in [3.63, 3.8) is 0 Å². The van der Waals surface area contributed by atoms with E-state index >= 15 is 0 Å². The minimum Gasteiger partial charge on any atom is -0.462 e. The maximum absolute atomic E-state index is 12.7. The van der Waals surface area contributed by atoms with E-state index in [2.05, 4.69) is 32.9 Å². The fraction of sp³-hybridized carbons (Fsp3) is 0.906. The lowest BCUT2D eigenvalue weighted by Crippen LogP contribution is -2.30. The van der Waals surface area contributed by atoms with Gasteiger partial charge < -0.3 is 14.2 Å². The Labute approximate surface area is 367 Å². The summed E-state index contributed by atoms with van der Waals surface area (Å²) in [5, 5.41) is 0. The van der Waals surface area contributed by atoms with E-state index in [-0.39, 0.29) is 31.1 Å². The van der Waals surface area contributed by atoms with Crippen molar-refractivity contribution in [1.82, 2.24) is 0 Å². The summed E-state index contributed by atoms with van der Waals surface area (Å²) in [6, 6.07) is 0. The monoisotopic (exact) mass is 833 g/mol. The highest BCUT2D eigenvalue weighted by Gasteiger charge is 2.19. The third-order valence-electron chi connectivity index (χ3n) is 11.8. The number of rotatable bonds is 48. The van der Waals surface area contributed by atoms with Gasteiger partial charge in [-0.15, -0.1) is 0 Å². The molecule has 0 saturated heterocycles. The molecule has 0 amide bonds. The van der Waals surface area contributed by atoms with Crippen LogP contribution >= 0.6 is 0 Å². The van der Waals surface area contributed by atoms with Gasteiger partial charge in [0, 0.05) is 19.3 Å². The van der Waals surface area contributed by atoms with Crippen LogP contribution in [0.25, 0.3) is 0 Å². The third kappa shape index (κ3) is 47.1. The van der Waals surface area contributed by atoms with E-state index in [1.807, 2.05) is 0 Å². The molecule has 1 atom stereocenters. The molecule has 0 bridgehead atoms. The van der Waals surface area contributed by atoms with E-state index in [9.17, 15) is 14.4 Å². The van der Waals surface area contributed by atoms with Crippen molar-refractivity contribution in [3.8, 4) is 0 Å². The minimum atomic E-state index is -0.766. The van der Waals surface area contributed by atoms with Crippen LogP contribution in [-0.2, 0) is 28.6 Å². The molecule has 0 radical (unpaired) electrons. The van der Waals surface area contributed by atoms with Gasteiger partial charge in [0.15, 0.2) is 6.10 Å². The average Bonchev–Trinajstić information content (AvgIpc) is 3.23. The van der Waals surface area contributed by atoms with Crippen LogP contribution in [0, 0.1) is 0 Å². The van der Waals surface area contributed by atoms with Crippen molar-refractivity contribution in [3.05, 3.63) is 12.2 Å². The highest BCUT2D eigenvalue weighted by atomic mass is 16.6. The summed E-state index contributed by atoms with van der Waals surface area (Å²) in [4.78, 5) is 37.9. The zero-order valence-electron chi connectivity index (χ0n) is 39.8. The van der Waals surface area contributed by atoms with Crippen molar-refractivity contribution in [2.24, 2.45) is 0 Å². The van der Waals surface area contributed by atoms with Crippen molar-refractivity contribution in [1.29, 1.82) is 0 Å². The van der Waals surface area contributed by atoms with Crippen LogP contribution in [0.5, 0.6) is 0 Å². The fourth-order valence-corrected chi connectivity index (χ4v) is 7.78. The van der Waals surface area contributed by atoms with Crippen LogP contribution in [-0.4, -0.2) is 37.2 Å². The molecule has 6 nitrogen and oxygen atoms in total. The molecule has 0 spiro atoms. The summed E-state index contributed by atoms with van der Waals surface area (Å²) < 4.78 is 16.8. The first-order valence-electron chi connectivity index (χ1n) is 26.2. The van der Waals surface area contributed by atoms with Crippen molar-refractivity contribution < 1.29 is 28.6 Å². The maximum Gasteiger partial charge on any atom is 0.306 e. The second kappa shape index (κ2) is 48.8. The van der Waals surface area contributed by atoms with Gasteiger partial charge in [-0.3, -0.25) is 14.4 Å². The molecule has 0 aromatic rings. The highest BCUT2D eigenvalue weighted by molar-refractivity contribution is 5.71. The average molecular weight is 833 g/mol. The molecule has 0 unspecified atom stereocenters. The zero-order valence-corrected chi connectivity index (χ0v) is 39.8. The molecule has 348 valence electrons. The number of hydrogen-bond acceptors (Lipinski definition) is 6. The summed E-state index contributed by atoms with van der Waals surface area (Å²) in [6.45, 7) is 6.62. The second-order valence-corrected chi connectivity index (χ2v) is 17.8. The fourth-order valence-electron chi connectivity index (χ4n) is 7.78. The van der Waals surface area contributed by atoms with Crippen LogP contribution in [0.15, 0.2) is 12.2 Å². The molecule has 0 aliphatic carbocycles. The molecular formula is C53H100O6. The molecule has 0 fully saturated rings. The summed E-state index contributed by atoms with van der Waals surface area (Å²) in [7, 11) is 0. The predicted molar refractivity (Wildman–Crippen MR) is 252 cm³/mol. The highest BCUT2D eigenvalue weighted by Crippen LogP contribution is 2.16. The Bertz CT molecular complexity index is 916. The molecule has 0 saturated carbocycles. The summed E-state index contributed by atoms with van der Waals surface area (Å²) in [6.07, 6.45) is 53.4. The van der Waals surface area contributed by atoms with Crippen LogP contribution < -0.4 is 0 Å². The van der Waals surface area contributed by atoms with E-state index < -0.39 is 6.10 Å². The normalized spacial score (nSPS) is 12.0. The van der Waals surface area contributed by atoms with E-state index in [4.69, 9.17) is 14.2 Å². The van der Waals surface area contributed by atoms with Crippen LogP contribution in [0.4, 0.5) is 0 Å². The molecule has 6 heteroatoms. The van der Waals surface area contributed by atoms with Crippen molar-refractivity contribution >= 4 is 17.9 Å². The van der Waals surface area contributed by atoms with Crippen LogP contribution in [0.1, 0.15) is 290 Å². The second-order valence-electron chi connectivity index (χ2n) is 17.8. The third-order valence-corrected chi connectivity index (χ3v) is 11.8. The largest absolute Gasteiger partial charge is 0.462 e.